The Morgan fingerprint density at radius 1 is 0.186 bits per heavy atom. The van der Waals surface area contributed by atoms with Gasteiger partial charge in [0.25, 0.3) is 0 Å². The fraction of sp³-hybridized carbons (Fsp3) is 0.955. The number of rotatable bonds is 80. The average Bonchev–Trinajstić information content (AvgIpc) is 0.929. The molecule has 0 saturated heterocycles. The highest BCUT2D eigenvalue weighted by molar-refractivity contribution is 7.80. The van der Waals surface area contributed by atoms with Crippen molar-refractivity contribution in [1.82, 2.24) is 0 Å². The van der Waals surface area contributed by atoms with E-state index in [4.69, 9.17) is 67.8 Å². The standard InChI is InChI=1S/C89H172O4S4/c1-9-13-17-21-25-29-33-37-41-45-49-53-57-61-65-69-73-81(5)85(94)90-77-89(78-91-86(95)82(6)74-70-66-62-58-54-50-46-42-38-34-30-26-22-18-14-10-2,79-92-87(96)83(7)75-71-67-63-59-55-51-47-43-39-35-31-27-23-19-15-11-3)80-93-88(97)84(8)76-72-68-64-60-56-52-48-44-40-36-32-28-24-20-16-12-4/h81-84H,9-80H2,1-8H3. The summed E-state index contributed by atoms with van der Waals surface area (Å²) in [6.07, 6.45) is 92.1. The second kappa shape index (κ2) is 76.7. The number of hydrogen-bond donors (Lipinski definition) is 0. The molecule has 4 unspecified atom stereocenters. The van der Waals surface area contributed by atoms with Crippen LogP contribution in [0.1, 0.15) is 492 Å². The van der Waals surface area contributed by atoms with Gasteiger partial charge in [-0.3, -0.25) is 0 Å². The third-order valence-electron chi connectivity index (χ3n) is 21.7. The largest absolute Gasteiger partial charge is 0.486 e. The first kappa shape index (κ1) is 96.6. The van der Waals surface area contributed by atoms with E-state index in [1.165, 1.54) is 411 Å². The van der Waals surface area contributed by atoms with Crippen molar-refractivity contribution in [1.29, 1.82) is 0 Å². The van der Waals surface area contributed by atoms with Gasteiger partial charge in [-0.05, 0) is 74.6 Å². The maximum atomic E-state index is 6.78. The lowest BCUT2D eigenvalue weighted by molar-refractivity contribution is -0.0195. The molecule has 0 aromatic rings. The first-order valence-corrected chi connectivity index (χ1v) is 45.8. The number of ether oxygens (including phenoxy) is 4. The van der Waals surface area contributed by atoms with Crippen molar-refractivity contribution in [2.45, 2.75) is 492 Å². The molecule has 0 bridgehead atoms. The zero-order valence-electron chi connectivity index (χ0n) is 67.0. The molecule has 0 rings (SSSR count). The van der Waals surface area contributed by atoms with Crippen molar-refractivity contribution in [2.75, 3.05) is 26.4 Å². The van der Waals surface area contributed by atoms with Crippen molar-refractivity contribution in [3.8, 4) is 0 Å². The molecule has 0 saturated carbocycles. The molecule has 0 aromatic carbocycles. The Labute approximate surface area is 631 Å². The molecule has 97 heavy (non-hydrogen) atoms. The van der Waals surface area contributed by atoms with E-state index in [0.29, 0.717) is 46.6 Å². The van der Waals surface area contributed by atoms with E-state index in [9.17, 15) is 0 Å². The zero-order valence-corrected chi connectivity index (χ0v) is 70.3. The highest BCUT2D eigenvalue weighted by atomic mass is 32.1. The van der Waals surface area contributed by atoms with Crippen LogP contribution in [0.5, 0.6) is 0 Å². The van der Waals surface area contributed by atoms with E-state index in [1.807, 2.05) is 0 Å². The van der Waals surface area contributed by atoms with E-state index in [-0.39, 0.29) is 23.7 Å². The quantitative estimate of drug-likeness (QED) is 0.0441. The molecule has 4 nitrogen and oxygen atoms in total. The van der Waals surface area contributed by atoms with Crippen LogP contribution in [0.3, 0.4) is 0 Å². The molecule has 576 valence electrons. The molecule has 0 aliphatic heterocycles. The molecule has 8 heteroatoms. The van der Waals surface area contributed by atoms with Gasteiger partial charge in [0.2, 0.25) is 0 Å². The van der Waals surface area contributed by atoms with E-state index >= 15 is 0 Å². The molecule has 0 aliphatic rings. The molecule has 0 heterocycles. The van der Waals surface area contributed by atoms with Crippen LogP contribution >= 0.6 is 48.9 Å². The van der Waals surface area contributed by atoms with Gasteiger partial charge in [-0.2, -0.15) is 0 Å². The Morgan fingerprint density at radius 2 is 0.289 bits per heavy atom. The maximum absolute atomic E-state index is 6.78. The second-order valence-corrected chi connectivity index (χ2v) is 33.5. The Kier molecular flexibility index (Phi) is 76.3. The van der Waals surface area contributed by atoms with Crippen molar-refractivity contribution >= 4 is 69.1 Å². The monoisotopic (exact) mass is 1430 g/mol. The van der Waals surface area contributed by atoms with Gasteiger partial charge in [0.15, 0.2) is 20.2 Å². The summed E-state index contributed by atoms with van der Waals surface area (Å²) in [7, 11) is 0. The number of thiocarbonyl (C=S) groups is 4. The minimum absolute atomic E-state index is 0.171. The minimum atomic E-state index is -0.730. The molecule has 0 amide bonds. The summed E-state index contributed by atoms with van der Waals surface area (Å²) in [6.45, 7) is 19.4. The van der Waals surface area contributed by atoms with Crippen LogP contribution < -0.4 is 0 Å². The van der Waals surface area contributed by atoms with Gasteiger partial charge in [-0.15, -0.1) is 0 Å². The first-order valence-electron chi connectivity index (χ1n) is 44.1. The lowest BCUT2D eigenvalue weighted by atomic mass is 9.91. The SMILES string of the molecule is CCCCCCCCCCCCCCCCCCC(C)C(=S)OCC(COC(=S)C(C)CCCCCCCCCCCCCCCCCC)(COC(=S)C(C)CCCCCCCCCCCCCCCCCC)COC(=S)C(C)CCCCCCCCCCCCCCCCCC. The van der Waals surface area contributed by atoms with E-state index < -0.39 is 5.41 Å². The van der Waals surface area contributed by atoms with Crippen molar-refractivity contribution in [2.24, 2.45) is 29.1 Å². The molecule has 4 atom stereocenters. The normalized spacial score (nSPS) is 13.5. The summed E-state index contributed by atoms with van der Waals surface area (Å²) >= 11 is 24.6. The molecule has 0 N–H and O–H groups in total. The molecular weight excluding hydrogens is 1260 g/mol. The van der Waals surface area contributed by atoms with Crippen LogP contribution in [-0.4, -0.2) is 46.6 Å². The number of hydrogen-bond acceptors (Lipinski definition) is 8. The first-order chi connectivity index (χ1) is 47.5. The van der Waals surface area contributed by atoms with Crippen LogP contribution in [0.4, 0.5) is 0 Å². The number of unbranched alkanes of at least 4 members (excludes halogenated alkanes) is 60. The van der Waals surface area contributed by atoms with E-state index in [0.717, 1.165) is 25.7 Å². The third kappa shape index (κ3) is 67.2. The Bertz CT molecular complexity index is 1420. The molecule has 0 fully saturated rings. The van der Waals surface area contributed by atoms with Crippen molar-refractivity contribution in [3.63, 3.8) is 0 Å². The smallest absolute Gasteiger partial charge is 0.162 e. The highest BCUT2D eigenvalue weighted by Gasteiger charge is 2.38. The lowest BCUT2D eigenvalue weighted by Gasteiger charge is -2.35. The zero-order chi connectivity index (χ0) is 70.9. The summed E-state index contributed by atoms with van der Waals surface area (Å²) in [5, 5.41) is 2.68. The summed E-state index contributed by atoms with van der Waals surface area (Å²) in [6, 6.07) is 0. The average molecular weight is 1430 g/mol. The molecule has 0 aliphatic carbocycles. The van der Waals surface area contributed by atoms with Gasteiger partial charge >= 0.3 is 0 Å². The third-order valence-corrected chi connectivity index (χ3v) is 23.7. The van der Waals surface area contributed by atoms with Gasteiger partial charge in [0.05, 0.1) is 0 Å². The molecular formula is C89H172O4S4. The minimum Gasteiger partial charge on any atom is -0.486 e. The molecule has 0 radical (unpaired) electrons. The van der Waals surface area contributed by atoms with E-state index in [1.54, 1.807) is 0 Å². The van der Waals surface area contributed by atoms with Crippen molar-refractivity contribution < 1.29 is 18.9 Å². The van der Waals surface area contributed by atoms with Gasteiger partial charge in [-0.1, -0.05) is 466 Å². The Balaban J connectivity index is 5.75. The van der Waals surface area contributed by atoms with Crippen molar-refractivity contribution in [3.05, 3.63) is 0 Å². The Hall–Kier alpha value is -0.440. The van der Waals surface area contributed by atoms with Crippen LogP contribution in [0.25, 0.3) is 0 Å². The molecule has 0 aromatic heterocycles. The van der Waals surface area contributed by atoms with Gasteiger partial charge < -0.3 is 18.9 Å². The van der Waals surface area contributed by atoms with Crippen LogP contribution in [0, 0.1) is 29.1 Å². The summed E-state index contributed by atoms with van der Waals surface area (Å²) < 4.78 is 27.1. The fourth-order valence-electron chi connectivity index (χ4n) is 14.2. The van der Waals surface area contributed by atoms with Gasteiger partial charge in [0, 0.05) is 23.7 Å². The summed E-state index contributed by atoms with van der Waals surface area (Å²) in [5.74, 6) is 0.683. The maximum Gasteiger partial charge on any atom is 0.162 e. The lowest BCUT2D eigenvalue weighted by Crippen LogP contribution is -2.44. The highest BCUT2D eigenvalue weighted by Crippen LogP contribution is 2.29. The van der Waals surface area contributed by atoms with Gasteiger partial charge in [0.1, 0.15) is 31.8 Å². The summed E-state index contributed by atoms with van der Waals surface area (Å²) in [5.41, 5.74) is -0.730. The van der Waals surface area contributed by atoms with Gasteiger partial charge in [-0.25, -0.2) is 0 Å². The van der Waals surface area contributed by atoms with Crippen LogP contribution in [0.2, 0.25) is 0 Å². The van der Waals surface area contributed by atoms with Crippen LogP contribution in [0.15, 0.2) is 0 Å². The van der Waals surface area contributed by atoms with E-state index in [2.05, 4.69) is 55.4 Å². The fourth-order valence-corrected chi connectivity index (χ4v) is 14.9. The van der Waals surface area contributed by atoms with Crippen LogP contribution in [-0.2, 0) is 18.9 Å². The second-order valence-electron chi connectivity index (χ2n) is 31.9. The predicted molar refractivity (Wildman–Crippen MR) is 450 cm³/mol. The predicted octanol–water partition coefficient (Wildman–Crippen LogP) is 32.5. The molecule has 0 spiro atoms. The topological polar surface area (TPSA) is 36.9 Å². The Morgan fingerprint density at radius 3 is 0.402 bits per heavy atom. The summed E-state index contributed by atoms with van der Waals surface area (Å²) in [4.78, 5) is 0.